The molecule has 0 bridgehead atoms. The third-order valence-corrected chi connectivity index (χ3v) is 2.88. The highest BCUT2D eigenvalue weighted by Crippen LogP contribution is 2.22. The lowest BCUT2D eigenvalue weighted by Gasteiger charge is -2.20. The van der Waals surface area contributed by atoms with Crippen LogP contribution in [-0.4, -0.2) is 14.2 Å². The molecule has 3 heteroatoms. The van der Waals surface area contributed by atoms with Gasteiger partial charge in [-0.05, 0) is 11.8 Å². The average Bonchev–Trinajstić information content (AvgIpc) is 1.81. The molecule has 0 rings (SSSR count). The first kappa shape index (κ1) is 11.0. The summed E-state index contributed by atoms with van der Waals surface area (Å²) < 4.78 is 20.8. The van der Waals surface area contributed by atoms with Crippen molar-refractivity contribution in [1.29, 1.82) is 0 Å². The molecule has 0 aliphatic heterocycles. The van der Waals surface area contributed by atoms with E-state index in [1.165, 1.54) is 0 Å². The quantitative estimate of drug-likeness (QED) is 0.651. The Morgan fingerprint density at radius 3 is 2.18 bits per heavy atom. The fourth-order valence-electron chi connectivity index (χ4n) is 1.08. The van der Waals surface area contributed by atoms with Gasteiger partial charge in [0.25, 0.3) is 0 Å². The molecule has 0 saturated carbocycles. The molecule has 0 aromatic heterocycles. The van der Waals surface area contributed by atoms with E-state index in [0.717, 1.165) is 19.3 Å². The molecule has 0 unspecified atom stereocenters. The van der Waals surface area contributed by atoms with Gasteiger partial charge in [-0.1, -0.05) is 33.6 Å². The van der Waals surface area contributed by atoms with Gasteiger partial charge in [-0.15, -0.1) is 0 Å². The fourth-order valence-corrected chi connectivity index (χ4v) is 1.94. The Balaban J connectivity index is 3.79. The van der Waals surface area contributed by atoms with Gasteiger partial charge in [0.05, 0.1) is 5.75 Å². The van der Waals surface area contributed by atoms with Crippen molar-refractivity contribution in [1.82, 2.24) is 0 Å². The summed E-state index contributed by atoms with van der Waals surface area (Å²) >= 11 is 0. The van der Waals surface area contributed by atoms with Gasteiger partial charge < -0.3 is 0 Å². The van der Waals surface area contributed by atoms with E-state index in [-0.39, 0.29) is 5.41 Å². The van der Waals surface area contributed by atoms with Crippen LogP contribution in [0.4, 0.5) is 0 Å². The van der Waals surface area contributed by atoms with Crippen molar-refractivity contribution in [3.63, 3.8) is 0 Å². The van der Waals surface area contributed by atoms with Crippen LogP contribution in [0.2, 0.25) is 0 Å². The molecule has 0 aromatic carbocycles. The molecular weight excluding hydrogens is 160 g/mol. The molecule has 0 spiro atoms. The lowest BCUT2D eigenvalue weighted by molar-refractivity contribution is 0.366. The largest absolute Gasteiger partial charge is 0.232 e. The maximum absolute atomic E-state index is 10.4. The van der Waals surface area contributed by atoms with E-state index >= 15 is 0 Å². The topological polar surface area (TPSA) is 34.1 Å². The summed E-state index contributed by atoms with van der Waals surface area (Å²) in [5, 5.41) is 0. The minimum atomic E-state index is -2.21. The van der Waals surface area contributed by atoms with Crippen LogP contribution in [0.25, 0.3) is 0 Å². The van der Waals surface area contributed by atoms with Crippen molar-refractivity contribution >= 4 is 10.7 Å². The zero-order valence-electron chi connectivity index (χ0n) is 7.59. The third-order valence-electron chi connectivity index (χ3n) is 1.76. The predicted octanol–water partition coefficient (Wildman–Crippen LogP) is 1.81. The van der Waals surface area contributed by atoms with E-state index in [1.54, 1.807) is 0 Å². The molecule has 0 saturated heterocycles. The van der Waals surface area contributed by atoms with Crippen molar-refractivity contribution in [3.8, 4) is 0 Å². The number of hydrogen-bond donors (Lipinski definition) is 1. The van der Waals surface area contributed by atoms with Crippen LogP contribution in [0.3, 0.4) is 0 Å². The number of thiol groups is 1. The third kappa shape index (κ3) is 6.35. The van der Waals surface area contributed by atoms with Gasteiger partial charge in [0, 0.05) is 0 Å². The Labute approximate surface area is 71.0 Å². The van der Waals surface area contributed by atoms with Crippen LogP contribution in [0.1, 0.15) is 40.0 Å². The van der Waals surface area contributed by atoms with Crippen LogP contribution in [0.5, 0.6) is 0 Å². The highest BCUT2D eigenvalue weighted by molar-refractivity contribution is 7.72. The summed E-state index contributed by atoms with van der Waals surface area (Å²) in [6.07, 6.45) is 3.27. The molecule has 0 radical (unpaired) electrons. The van der Waals surface area contributed by atoms with Crippen LogP contribution >= 0.6 is 0 Å². The molecule has 0 heterocycles. The van der Waals surface area contributed by atoms with Crippen molar-refractivity contribution < 1.29 is 8.42 Å². The first-order chi connectivity index (χ1) is 4.98. The SMILES string of the molecule is CCCCC(C)(C)C[SH](=O)=O. The normalized spacial score (nSPS) is 12.4. The summed E-state index contributed by atoms with van der Waals surface area (Å²) in [6, 6.07) is 0. The Kier molecular flexibility index (Phi) is 4.73. The zero-order valence-corrected chi connectivity index (χ0v) is 8.49. The van der Waals surface area contributed by atoms with Crippen LogP contribution in [-0.2, 0) is 10.7 Å². The van der Waals surface area contributed by atoms with E-state index in [4.69, 9.17) is 0 Å². The Bertz CT molecular complexity index is 163. The highest BCUT2D eigenvalue weighted by atomic mass is 32.2. The molecule has 0 aliphatic rings. The van der Waals surface area contributed by atoms with Crippen molar-refractivity contribution in [2.75, 3.05) is 5.75 Å². The van der Waals surface area contributed by atoms with Gasteiger partial charge in [-0.2, -0.15) is 0 Å². The molecule has 0 fully saturated rings. The van der Waals surface area contributed by atoms with Gasteiger partial charge >= 0.3 is 0 Å². The van der Waals surface area contributed by atoms with E-state index in [2.05, 4.69) is 6.92 Å². The monoisotopic (exact) mass is 178 g/mol. The first-order valence-corrected chi connectivity index (χ1v) is 5.46. The first-order valence-electron chi connectivity index (χ1n) is 4.10. The molecule has 0 aliphatic carbocycles. The predicted molar refractivity (Wildman–Crippen MR) is 48.5 cm³/mol. The Hall–Kier alpha value is -0.0500. The number of rotatable bonds is 5. The zero-order chi connectivity index (χ0) is 8.91. The Morgan fingerprint density at radius 2 is 1.82 bits per heavy atom. The molecule has 0 N–H and O–H groups in total. The summed E-state index contributed by atoms with van der Waals surface area (Å²) in [5.41, 5.74) is -0.0226. The van der Waals surface area contributed by atoms with Gasteiger partial charge in [-0.25, -0.2) is 8.42 Å². The highest BCUT2D eigenvalue weighted by Gasteiger charge is 2.17. The maximum atomic E-state index is 10.4. The van der Waals surface area contributed by atoms with Crippen molar-refractivity contribution in [2.24, 2.45) is 5.41 Å². The smallest absolute Gasteiger partial charge is 0.140 e. The summed E-state index contributed by atoms with van der Waals surface area (Å²) in [7, 11) is -2.21. The van der Waals surface area contributed by atoms with Gasteiger partial charge in [0.15, 0.2) is 0 Å². The van der Waals surface area contributed by atoms with Crippen LogP contribution in [0, 0.1) is 5.41 Å². The number of unbranched alkanes of at least 4 members (excludes halogenated alkanes) is 1. The standard InChI is InChI=1S/C8H18O2S/c1-4-5-6-8(2,3)7-11(9)10/h11H,4-7H2,1-3H3. The summed E-state index contributed by atoms with van der Waals surface area (Å²) in [4.78, 5) is 0. The molecule has 0 atom stereocenters. The molecule has 68 valence electrons. The van der Waals surface area contributed by atoms with Crippen molar-refractivity contribution in [2.45, 2.75) is 40.0 Å². The molecule has 11 heavy (non-hydrogen) atoms. The lowest BCUT2D eigenvalue weighted by atomic mass is 9.90. The minimum absolute atomic E-state index is 0.0226. The van der Waals surface area contributed by atoms with Crippen LogP contribution < -0.4 is 0 Å². The number of hydrogen-bond acceptors (Lipinski definition) is 2. The average molecular weight is 178 g/mol. The minimum Gasteiger partial charge on any atom is -0.232 e. The van der Waals surface area contributed by atoms with Gasteiger partial charge in [-0.3, -0.25) is 0 Å². The molecule has 2 nitrogen and oxygen atoms in total. The second-order valence-electron chi connectivity index (χ2n) is 3.76. The second kappa shape index (κ2) is 4.75. The van der Waals surface area contributed by atoms with E-state index in [1.807, 2.05) is 13.8 Å². The van der Waals surface area contributed by atoms with Gasteiger partial charge in [0.1, 0.15) is 10.7 Å². The summed E-state index contributed by atoms with van der Waals surface area (Å²) in [6.45, 7) is 6.13. The van der Waals surface area contributed by atoms with E-state index in [0.29, 0.717) is 5.75 Å². The van der Waals surface area contributed by atoms with E-state index in [9.17, 15) is 8.42 Å². The summed E-state index contributed by atoms with van der Waals surface area (Å²) in [5.74, 6) is 0.322. The van der Waals surface area contributed by atoms with Crippen LogP contribution in [0.15, 0.2) is 0 Å². The molecular formula is C8H18O2S. The maximum Gasteiger partial charge on any atom is 0.140 e. The van der Waals surface area contributed by atoms with Gasteiger partial charge in [0.2, 0.25) is 0 Å². The van der Waals surface area contributed by atoms with Crippen molar-refractivity contribution in [3.05, 3.63) is 0 Å². The second-order valence-corrected chi connectivity index (χ2v) is 4.74. The Morgan fingerprint density at radius 1 is 1.27 bits per heavy atom. The molecule has 0 amide bonds. The lowest BCUT2D eigenvalue weighted by Crippen LogP contribution is -2.17. The fraction of sp³-hybridized carbons (Fsp3) is 1.00. The van der Waals surface area contributed by atoms with E-state index < -0.39 is 10.7 Å². The molecule has 0 aromatic rings.